The summed E-state index contributed by atoms with van der Waals surface area (Å²) < 4.78 is 2.22. The van der Waals surface area contributed by atoms with E-state index in [1.54, 1.807) is 0 Å². The van der Waals surface area contributed by atoms with Crippen molar-refractivity contribution in [1.82, 2.24) is 9.55 Å². The monoisotopic (exact) mass is 282 g/mol. The summed E-state index contributed by atoms with van der Waals surface area (Å²) in [7, 11) is 0. The van der Waals surface area contributed by atoms with E-state index in [-0.39, 0.29) is 0 Å². The summed E-state index contributed by atoms with van der Waals surface area (Å²) in [6.07, 6.45) is 13.1. The fraction of sp³-hybridized carbons (Fsp3) is 0.235. The van der Waals surface area contributed by atoms with Crippen molar-refractivity contribution < 1.29 is 0 Å². The van der Waals surface area contributed by atoms with E-state index in [0.717, 1.165) is 17.5 Å². The Morgan fingerprint density at radius 1 is 1.15 bits per heavy atom. The molecule has 3 rings (SSSR count). The number of hydrogen-bond donors (Lipinski definition) is 0. The van der Waals surface area contributed by atoms with Crippen LogP contribution in [0.1, 0.15) is 18.4 Å². The number of aromatic nitrogens is 2. The number of thioether (sulfide) groups is 1. The molecule has 0 spiro atoms. The summed E-state index contributed by atoms with van der Waals surface area (Å²) in [4.78, 5) is 4.47. The standard InChI is InChI=1S/C17H18N2S/c1-3-7-15(8-4-1)13-19-12-11-18-17(19)20-14-16-9-5-2-6-10-16/h1,3-5,7-12H,2,6,13-14H2. The molecule has 3 heteroatoms. The fourth-order valence-electron chi connectivity index (χ4n) is 2.26. The highest BCUT2D eigenvalue weighted by Crippen LogP contribution is 2.22. The minimum Gasteiger partial charge on any atom is -0.322 e. The molecule has 1 aliphatic carbocycles. The van der Waals surface area contributed by atoms with Crippen LogP contribution in [0.2, 0.25) is 0 Å². The van der Waals surface area contributed by atoms with Gasteiger partial charge in [-0.15, -0.1) is 0 Å². The van der Waals surface area contributed by atoms with Crippen molar-refractivity contribution in [2.75, 3.05) is 5.75 Å². The second-order valence-corrected chi connectivity index (χ2v) is 5.81. The van der Waals surface area contributed by atoms with Crippen LogP contribution in [0.5, 0.6) is 0 Å². The molecule has 1 aromatic carbocycles. The normalized spacial score (nSPS) is 14.3. The van der Waals surface area contributed by atoms with Crippen LogP contribution < -0.4 is 0 Å². The van der Waals surface area contributed by atoms with Crippen LogP contribution in [0.3, 0.4) is 0 Å². The van der Waals surface area contributed by atoms with E-state index in [9.17, 15) is 0 Å². The van der Waals surface area contributed by atoms with Gasteiger partial charge in [-0.1, -0.05) is 60.3 Å². The van der Waals surface area contributed by atoms with E-state index < -0.39 is 0 Å². The van der Waals surface area contributed by atoms with Gasteiger partial charge in [-0.05, 0) is 24.0 Å². The smallest absolute Gasteiger partial charge is 0.168 e. The molecule has 1 aliphatic rings. The fourth-order valence-corrected chi connectivity index (χ4v) is 3.20. The minimum atomic E-state index is 0.887. The van der Waals surface area contributed by atoms with Crippen molar-refractivity contribution in [2.45, 2.75) is 24.5 Å². The molecule has 2 aromatic rings. The molecule has 1 aromatic heterocycles. The van der Waals surface area contributed by atoms with Gasteiger partial charge in [-0.2, -0.15) is 0 Å². The summed E-state index contributed by atoms with van der Waals surface area (Å²) in [5, 5.41) is 1.09. The van der Waals surface area contributed by atoms with Crippen LogP contribution >= 0.6 is 11.8 Å². The van der Waals surface area contributed by atoms with Gasteiger partial charge >= 0.3 is 0 Å². The Hall–Kier alpha value is -1.74. The molecule has 102 valence electrons. The largest absolute Gasteiger partial charge is 0.322 e. The van der Waals surface area contributed by atoms with E-state index in [4.69, 9.17) is 0 Å². The molecule has 20 heavy (non-hydrogen) atoms. The summed E-state index contributed by atoms with van der Waals surface area (Å²) in [5.41, 5.74) is 2.72. The number of rotatable bonds is 5. The van der Waals surface area contributed by atoms with Crippen molar-refractivity contribution >= 4 is 11.8 Å². The predicted octanol–water partition coefficient (Wildman–Crippen LogP) is 4.30. The molecule has 1 heterocycles. The van der Waals surface area contributed by atoms with Gasteiger partial charge in [0.15, 0.2) is 5.16 Å². The Balaban J connectivity index is 1.64. The summed E-state index contributed by atoms with van der Waals surface area (Å²) >= 11 is 1.81. The lowest BCUT2D eigenvalue weighted by molar-refractivity contribution is 0.709. The molecule has 0 radical (unpaired) electrons. The second kappa shape index (κ2) is 6.62. The highest BCUT2D eigenvalue weighted by Gasteiger charge is 2.06. The third-order valence-corrected chi connectivity index (χ3v) is 4.39. The average molecular weight is 282 g/mol. The van der Waals surface area contributed by atoms with E-state index in [1.807, 2.05) is 18.0 Å². The Morgan fingerprint density at radius 2 is 2.05 bits per heavy atom. The van der Waals surface area contributed by atoms with Crippen LogP contribution in [0.4, 0.5) is 0 Å². The maximum absolute atomic E-state index is 4.47. The van der Waals surface area contributed by atoms with Gasteiger partial charge in [0.05, 0.1) is 0 Å². The van der Waals surface area contributed by atoms with Crippen LogP contribution in [0.25, 0.3) is 0 Å². The van der Waals surface area contributed by atoms with Crippen LogP contribution in [0, 0.1) is 0 Å². The van der Waals surface area contributed by atoms with Gasteiger partial charge in [0, 0.05) is 24.7 Å². The number of benzene rings is 1. The van der Waals surface area contributed by atoms with E-state index in [2.05, 4.69) is 64.3 Å². The van der Waals surface area contributed by atoms with E-state index in [1.165, 1.54) is 24.0 Å². The van der Waals surface area contributed by atoms with Crippen molar-refractivity contribution in [2.24, 2.45) is 0 Å². The third kappa shape index (κ3) is 3.42. The van der Waals surface area contributed by atoms with Gasteiger partial charge in [-0.3, -0.25) is 0 Å². The number of nitrogens with zero attached hydrogens (tertiary/aromatic N) is 2. The van der Waals surface area contributed by atoms with Gasteiger partial charge in [-0.25, -0.2) is 4.98 Å². The van der Waals surface area contributed by atoms with Crippen molar-refractivity contribution in [3.63, 3.8) is 0 Å². The Bertz CT molecular complexity index is 611. The zero-order chi connectivity index (χ0) is 13.6. The van der Waals surface area contributed by atoms with Crippen LogP contribution in [0.15, 0.2) is 71.7 Å². The first-order chi connectivity index (χ1) is 9.92. The first-order valence-corrected chi connectivity index (χ1v) is 7.94. The van der Waals surface area contributed by atoms with Crippen molar-refractivity contribution in [3.8, 4) is 0 Å². The molecular weight excluding hydrogens is 264 g/mol. The Morgan fingerprint density at radius 3 is 2.85 bits per heavy atom. The Kier molecular flexibility index (Phi) is 4.38. The molecule has 0 N–H and O–H groups in total. The number of imidazole rings is 1. The van der Waals surface area contributed by atoms with Gasteiger partial charge in [0.1, 0.15) is 0 Å². The second-order valence-electron chi connectivity index (χ2n) is 4.87. The van der Waals surface area contributed by atoms with Crippen LogP contribution in [-0.2, 0) is 6.54 Å². The quantitative estimate of drug-likeness (QED) is 0.761. The molecule has 0 atom stereocenters. The zero-order valence-corrected chi connectivity index (χ0v) is 12.2. The molecule has 0 unspecified atom stereocenters. The van der Waals surface area contributed by atoms with Gasteiger partial charge in [0.25, 0.3) is 0 Å². The van der Waals surface area contributed by atoms with Gasteiger partial charge in [0.2, 0.25) is 0 Å². The van der Waals surface area contributed by atoms with Crippen LogP contribution in [-0.4, -0.2) is 15.3 Å². The molecule has 0 fully saturated rings. The van der Waals surface area contributed by atoms with Crippen molar-refractivity contribution in [1.29, 1.82) is 0 Å². The number of allylic oxidation sites excluding steroid dienone is 3. The lowest BCUT2D eigenvalue weighted by Crippen LogP contribution is -2.01. The molecule has 0 bridgehead atoms. The van der Waals surface area contributed by atoms with E-state index >= 15 is 0 Å². The first-order valence-electron chi connectivity index (χ1n) is 6.95. The molecule has 0 aliphatic heterocycles. The molecule has 0 amide bonds. The summed E-state index contributed by atoms with van der Waals surface area (Å²) in [5.74, 6) is 1.00. The molecule has 0 saturated carbocycles. The maximum Gasteiger partial charge on any atom is 0.168 e. The van der Waals surface area contributed by atoms with Gasteiger partial charge < -0.3 is 4.57 Å². The number of hydrogen-bond acceptors (Lipinski definition) is 2. The predicted molar refractivity (Wildman–Crippen MR) is 85.0 cm³/mol. The SMILES string of the molecule is C1=CC(CSc2nccn2Cc2ccccc2)=CCC1. The lowest BCUT2D eigenvalue weighted by atomic mass is 10.1. The zero-order valence-electron chi connectivity index (χ0n) is 11.4. The molecule has 0 saturated heterocycles. The third-order valence-electron chi connectivity index (χ3n) is 3.31. The topological polar surface area (TPSA) is 17.8 Å². The highest BCUT2D eigenvalue weighted by molar-refractivity contribution is 7.99. The highest BCUT2D eigenvalue weighted by atomic mass is 32.2. The van der Waals surface area contributed by atoms with Crippen molar-refractivity contribution in [3.05, 3.63) is 72.1 Å². The molecular formula is C17H18N2S. The average Bonchev–Trinajstić information content (AvgIpc) is 2.94. The Labute approximate surface area is 124 Å². The molecule has 2 nitrogen and oxygen atoms in total. The minimum absolute atomic E-state index is 0.887. The lowest BCUT2D eigenvalue weighted by Gasteiger charge is -2.09. The summed E-state index contributed by atoms with van der Waals surface area (Å²) in [6, 6.07) is 10.5. The van der Waals surface area contributed by atoms with E-state index in [0.29, 0.717) is 0 Å². The summed E-state index contributed by atoms with van der Waals surface area (Å²) in [6.45, 7) is 0.887. The first kappa shape index (κ1) is 13.3. The maximum atomic E-state index is 4.47.